The van der Waals surface area contributed by atoms with E-state index in [4.69, 9.17) is 5.73 Å². The fraction of sp³-hybridized carbons (Fsp3) is 0. The van der Waals surface area contributed by atoms with Crippen LogP contribution < -0.4 is 5.73 Å². The van der Waals surface area contributed by atoms with Crippen molar-refractivity contribution < 1.29 is 0 Å². The number of hydrogen-bond donors (Lipinski definition) is 1. The van der Waals surface area contributed by atoms with E-state index >= 15 is 0 Å². The smallest absolute Gasteiger partial charge is 0.0393 e. The van der Waals surface area contributed by atoms with Crippen molar-refractivity contribution in [3.8, 4) is 0 Å². The summed E-state index contributed by atoms with van der Waals surface area (Å²) in [6.07, 6.45) is 0. The zero-order valence-corrected chi connectivity index (χ0v) is 12.6. The Bertz CT molecular complexity index is 1220. The van der Waals surface area contributed by atoms with Crippen LogP contribution in [0.25, 0.3) is 43.1 Å². The average molecular weight is 293 g/mol. The lowest BCUT2D eigenvalue weighted by Gasteiger charge is -2.08. The summed E-state index contributed by atoms with van der Waals surface area (Å²) < 4.78 is 0. The number of fused-ring (bicyclic) bond motifs is 4. The monoisotopic (exact) mass is 293 g/mol. The van der Waals surface area contributed by atoms with Crippen molar-refractivity contribution in [2.45, 2.75) is 0 Å². The molecule has 0 atom stereocenters. The van der Waals surface area contributed by atoms with Gasteiger partial charge in [0.2, 0.25) is 0 Å². The van der Waals surface area contributed by atoms with E-state index in [2.05, 4.69) is 66.7 Å². The van der Waals surface area contributed by atoms with Gasteiger partial charge < -0.3 is 5.73 Å². The molecule has 0 unspecified atom stereocenters. The Kier molecular flexibility index (Phi) is 2.42. The summed E-state index contributed by atoms with van der Waals surface area (Å²) in [7, 11) is 0. The van der Waals surface area contributed by atoms with Gasteiger partial charge in [-0.1, -0.05) is 36.4 Å². The first kappa shape index (κ1) is 12.5. The normalized spacial score (nSPS) is 11.7. The maximum atomic E-state index is 6.13. The van der Waals surface area contributed by atoms with E-state index in [-0.39, 0.29) is 0 Å². The molecular formula is C22H15N. The van der Waals surface area contributed by atoms with Gasteiger partial charge >= 0.3 is 0 Å². The van der Waals surface area contributed by atoms with Crippen molar-refractivity contribution >= 4 is 48.8 Å². The Hall–Kier alpha value is -3.06. The fourth-order valence-corrected chi connectivity index (χ4v) is 3.49. The van der Waals surface area contributed by atoms with Crippen LogP contribution in [0.2, 0.25) is 0 Å². The predicted molar refractivity (Wildman–Crippen MR) is 101 cm³/mol. The van der Waals surface area contributed by atoms with E-state index in [1.807, 2.05) is 12.1 Å². The lowest BCUT2D eigenvalue weighted by Crippen LogP contribution is -1.87. The van der Waals surface area contributed by atoms with Crippen LogP contribution in [0.5, 0.6) is 0 Å². The van der Waals surface area contributed by atoms with Crippen molar-refractivity contribution in [1.29, 1.82) is 0 Å². The summed E-state index contributed by atoms with van der Waals surface area (Å²) in [5, 5.41) is 9.91. The van der Waals surface area contributed by atoms with E-state index in [1.54, 1.807) is 0 Å². The van der Waals surface area contributed by atoms with Gasteiger partial charge in [-0.15, -0.1) is 0 Å². The summed E-state index contributed by atoms with van der Waals surface area (Å²) in [5.74, 6) is 0. The second kappa shape index (κ2) is 4.47. The second-order valence-corrected chi connectivity index (χ2v) is 6.17. The van der Waals surface area contributed by atoms with Crippen LogP contribution in [0.1, 0.15) is 0 Å². The van der Waals surface area contributed by atoms with Crippen molar-refractivity contribution in [3.63, 3.8) is 0 Å². The van der Waals surface area contributed by atoms with Gasteiger partial charge in [0.05, 0.1) is 0 Å². The molecule has 5 rings (SSSR count). The maximum Gasteiger partial charge on any atom is 0.0393 e. The first-order valence-electron chi connectivity index (χ1n) is 7.82. The van der Waals surface area contributed by atoms with Crippen molar-refractivity contribution in [2.24, 2.45) is 0 Å². The molecule has 23 heavy (non-hydrogen) atoms. The fourth-order valence-electron chi connectivity index (χ4n) is 3.49. The molecule has 0 saturated heterocycles. The van der Waals surface area contributed by atoms with Crippen molar-refractivity contribution in [3.05, 3.63) is 78.9 Å². The molecule has 0 saturated carbocycles. The molecule has 108 valence electrons. The minimum Gasteiger partial charge on any atom is -0.398 e. The SMILES string of the molecule is Nc1cccc2cc3cc4cc5ccccc5cc4cc3cc12. The number of nitrogen functional groups attached to an aromatic ring is 1. The molecule has 0 aromatic heterocycles. The van der Waals surface area contributed by atoms with E-state index in [1.165, 1.54) is 37.7 Å². The van der Waals surface area contributed by atoms with E-state index < -0.39 is 0 Å². The summed E-state index contributed by atoms with van der Waals surface area (Å²) in [6.45, 7) is 0. The zero-order chi connectivity index (χ0) is 15.4. The molecule has 0 heterocycles. The molecule has 1 nitrogen and oxygen atoms in total. The van der Waals surface area contributed by atoms with E-state index in [0.29, 0.717) is 0 Å². The topological polar surface area (TPSA) is 26.0 Å². The number of benzene rings is 5. The Morgan fingerprint density at radius 3 is 1.57 bits per heavy atom. The number of anilines is 1. The van der Waals surface area contributed by atoms with Gasteiger partial charge in [0.25, 0.3) is 0 Å². The molecule has 0 aliphatic heterocycles. The molecule has 5 aromatic rings. The number of nitrogens with two attached hydrogens (primary N) is 1. The van der Waals surface area contributed by atoms with Gasteiger partial charge in [0.1, 0.15) is 0 Å². The van der Waals surface area contributed by atoms with Gasteiger partial charge in [0.15, 0.2) is 0 Å². The summed E-state index contributed by atoms with van der Waals surface area (Å²) >= 11 is 0. The summed E-state index contributed by atoms with van der Waals surface area (Å²) in [4.78, 5) is 0. The minimum absolute atomic E-state index is 0.836. The third-order valence-electron chi connectivity index (χ3n) is 4.69. The molecule has 0 bridgehead atoms. The van der Waals surface area contributed by atoms with Crippen molar-refractivity contribution in [1.82, 2.24) is 0 Å². The third kappa shape index (κ3) is 1.87. The summed E-state index contributed by atoms with van der Waals surface area (Å²) in [6, 6.07) is 28.1. The van der Waals surface area contributed by atoms with Crippen LogP contribution in [-0.4, -0.2) is 0 Å². The molecule has 0 aliphatic rings. The predicted octanol–water partition coefficient (Wildman–Crippen LogP) is 5.88. The first-order chi connectivity index (χ1) is 11.3. The van der Waals surface area contributed by atoms with E-state index in [9.17, 15) is 0 Å². The Morgan fingerprint density at radius 1 is 0.435 bits per heavy atom. The highest BCUT2D eigenvalue weighted by molar-refractivity contribution is 6.09. The summed E-state index contributed by atoms with van der Waals surface area (Å²) in [5.41, 5.74) is 6.97. The molecular weight excluding hydrogens is 278 g/mol. The van der Waals surface area contributed by atoms with Gasteiger partial charge in [-0.25, -0.2) is 0 Å². The number of rotatable bonds is 0. The molecule has 1 heteroatoms. The third-order valence-corrected chi connectivity index (χ3v) is 4.69. The zero-order valence-electron chi connectivity index (χ0n) is 12.6. The van der Waals surface area contributed by atoms with Crippen LogP contribution >= 0.6 is 0 Å². The van der Waals surface area contributed by atoms with Crippen LogP contribution in [0.4, 0.5) is 5.69 Å². The lowest BCUT2D eigenvalue weighted by atomic mass is 9.97. The lowest BCUT2D eigenvalue weighted by molar-refractivity contribution is 1.76. The van der Waals surface area contributed by atoms with Gasteiger partial charge in [-0.05, 0) is 80.2 Å². The molecule has 0 radical (unpaired) electrons. The standard InChI is InChI=1S/C22H15N/c23-22-7-3-6-16-10-19-11-17-8-14-4-1-2-5-15(14)9-18(17)12-20(19)13-21(16)22/h1-13H,23H2. The Labute approximate surface area is 133 Å². The van der Waals surface area contributed by atoms with Crippen LogP contribution in [0, 0.1) is 0 Å². The minimum atomic E-state index is 0.836. The van der Waals surface area contributed by atoms with Gasteiger partial charge in [-0.2, -0.15) is 0 Å². The Morgan fingerprint density at radius 2 is 0.913 bits per heavy atom. The molecule has 5 aromatic carbocycles. The average Bonchev–Trinajstić information content (AvgIpc) is 2.57. The maximum absolute atomic E-state index is 6.13. The largest absolute Gasteiger partial charge is 0.398 e. The number of hydrogen-bond acceptors (Lipinski definition) is 1. The van der Waals surface area contributed by atoms with Gasteiger partial charge in [0, 0.05) is 11.1 Å². The molecule has 0 spiro atoms. The highest BCUT2D eigenvalue weighted by Crippen LogP contribution is 2.31. The quantitative estimate of drug-likeness (QED) is 0.280. The molecule has 2 N–H and O–H groups in total. The van der Waals surface area contributed by atoms with Crippen LogP contribution in [0.15, 0.2) is 78.9 Å². The molecule has 0 amide bonds. The Balaban J connectivity index is 1.93. The molecule has 0 fully saturated rings. The van der Waals surface area contributed by atoms with E-state index in [0.717, 1.165) is 11.1 Å². The van der Waals surface area contributed by atoms with Crippen molar-refractivity contribution in [2.75, 3.05) is 5.73 Å². The van der Waals surface area contributed by atoms with Gasteiger partial charge in [-0.3, -0.25) is 0 Å². The highest BCUT2D eigenvalue weighted by atomic mass is 14.5. The first-order valence-corrected chi connectivity index (χ1v) is 7.82. The molecule has 0 aliphatic carbocycles. The van der Waals surface area contributed by atoms with Crippen LogP contribution in [0.3, 0.4) is 0 Å². The highest BCUT2D eigenvalue weighted by Gasteiger charge is 2.04. The second-order valence-electron chi connectivity index (χ2n) is 6.17. The van der Waals surface area contributed by atoms with Crippen LogP contribution in [-0.2, 0) is 0 Å².